The van der Waals surface area contributed by atoms with Crippen molar-refractivity contribution >= 4 is 12.0 Å². The van der Waals surface area contributed by atoms with Crippen LogP contribution in [0.1, 0.15) is 91.5 Å². The minimum atomic E-state index is -0.991. The van der Waals surface area contributed by atoms with Gasteiger partial charge in [0.05, 0.1) is 12.2 Å². The molecule has 6 heteroatoms. The number of esters is 1. The molecular formula is C38H52O6. The first-order valence-corrected chi connectivity index (χ1v) is 16.7. The second-order valence-corrected chi connectivity index (χ2v) is 16.1. The third kappa shape index (κ3) is 4.22. The van der Waals surface area contributed by atoms with E-state index in [4.69, 9.17) is 4.74 Å². The van der Waals surface area contributed by atoms with E-state index in [0.717, 1.165) is 32.1 Å². The smallest absolute Gasteiger partial charge is 0.331 e. The maximum absolute atomic E-state index is 13.6. The van der Waals surface area contributed by atoms with Crippen LogP contribution >= 0.6 is 0 Å². The molecular weight excluding hydrogens is 552 g/mol. The van der Waals surface area contributed by atoms with Crippen LogP contribution in [0.3, 0.4) is 0 Å². The van der Waals surface area contributed by atoms with Gasteiger partial charge in [0.2, 0.25) is 0 Å². The Morgan fingerprint density at radius 2 is 1.64 bits per heavy atom. The number of rotatable bonds is 4. The third-order valence-electron chi connectivity index (χ3n) is 14.4. The van der Waals surface area contributed by atoms with Gasteiger partial charge in [-0.2, -0.15) is 0 Å². The molecule has 5 aliphatic carbocycles. The quantitative estimate of drug-likeness (QED) is 0.126. The van der Waals surface area contributed by atoms with Crippen LogP contribution in [-0.2, 0) is 9.53 Å². The number of aliphatic hydroxyl groups excluding tert-OH is 2. The summed E-state index contributed by atoms with van der Waals surface area (Å²) in [5, 5.41) is 42.8. The topological polar surface area (TPSA) is 107 Å². The van der Waals surface area contributed by atoms with E-state index in [1.165, 1.54) is 36.6 Å². The van der Waals surface area contributed by atoms with Crippen molar-refractivity contribution in [1.29, 1.82) is 0 Å². The van der Waals surface area contributed by atoms with Crippen molar-refractivity contribution in [3.05, 3.63) is 54.1 Å². The summed E-state index contributed by atoms with van der Waals surface area (Å²) in [4.78, 5) is 13.6. The minimum Gasteiger partial charge on any atom is -0.504 e. The molecule has 0 heterocycles. The third-order valence-corrected chi connectivity index (χ3v) is 14.4. The van der Waals surface area contributed by atoms with E-state index in [1.54, 1.807) is 12.1 Å². The number of fused-ring (bicyclic) bond motifs is 7. The summed E-state index contributed by atoms with van der Waals surface area (Å²) in [5.74, 6) is 0.314. The zero-order valence-corrected chi connectivity index (χ0v) is 27.2. The second kappa shape index (κ2) is 10.5. The van der Waals surface area contributed by atoms with Crippen LogP contribution in [0.5, 0.6) is 11.5 Å². The van der Waals surface area contributed by atoms with Crippen LogP contribution in [0.15, 0.2) is 48.6 Å². The number of carbonyl (C=O) groups is 1. The molecule has 0 amide bonds. The van der Waals surface area contributed by atoms with Gasteiger partial charge in [-0.15, -0.1) is 0 Å². The molecule has 12 unspecified atom stereocenters. The largest absolute Gasteiger partial charge is 0.504 e. The van der Waals surface area contributed by atoms with Crippen molar-refractivity contribution in [2.45, 2.75) is 104 Å². The van der Waals surface area contributed by atoms with Crippen LogP contribution in [0.25, 0.3) is 6.08 Å². The first-order valence-electron chi connectivity index (χ1n) is 16.7. The molecule has 44 heavy (non-hydrogen) atoms. The van der Waals surface area contributed by atoms with E-state index in [1.807, 2.05) is 0 Å². The van der Waals surface area contributed by atoms with Crippen LogP contribution in [0, 0.1) is 51.2 Å². The SMILES string of the molecule is C=C(C)C1CCC2C3CCC4C5(C)CCC(O)C(=C)C5C(O)C(OC(=O)C=Cc5ccc(O)c(O)c5)C4(C)C3(C)CCC12C. The summed E-state index contributed by atoms with van der Waals surface area (Å²) in [7, 11) is 0. The molecule has 12 atom stereocenters. The average molecular weight is 605 g/mol. The number of aliphatic hydroxyl groups is 2. The van der Waals surface area contributed by atoms with E-state index in [0.29, 0.717) is 35.3 Å². The van der Waals surface area contributed by atoms with Gasteiger partial charge in [0.1, 0.15) is 6.10 Å². The summed E-state index contributed by atoms with van der Waals surface area (Å²) >= 11 is 0. The molecule has 0 radical (unpaired) electrons. The van der Waals surface area contributed by atoms with E-state index >= 15 is 0 Å². The lowest BCUT2D eigenvalue weighted by atomic mass is 9.32. The number of carbonyl (C=O) groups excluding carboxylic acids is 1. The monoisotopic (exact) mass is 604 g/mol. The molecule has 0 saturated heterocycles. The lowest BCUT2D eigenvalue weighted by Crippen LogP contribution is -2.73. The highest BCUT2D eigenvalue weighted by atomic mass is 16.6. The molecule has 0 aliphatic heterocycles. The fourth-order valence-electron chi connectivity index (χ4n) is 12.1. The van der Waals surface area contributed by atoms with Crippen LogP contribution in [0.2, 0.25) is 0 Å². The highest BCUT2D eigenvalue weighted by Crippen LogP contribution is 2.77. The Hall–Kier alpha value is -2.57. The zero-order chi connectivity index (χ0) is 32.0. The summed E-state index contributed by atoms with van der Waals surface area (Å²) < 4.78 is 6.41. The Labute approximate surface area is 262 Å². The predicted molar refractivity (Wildman–Crippen MR) is 171 cm³/mol. The number of allylic oxidation sites excluding steroid dienone is 1. The lowest BCUT2D eigenvalue weighted by Gasteiger charge is -2.73. The van der Waals surface area contributed by atoms with Crippen molar-refractivity contribution in [3.8, 4) is 11.5 Å². The Balaban J connectivity index is 1.41. The van der Waals surface area contributed by atoms with Crippen molar-refractivity contribution in [1.82, 2.24) is 0 Å². The predicted octanol–water partition coefficient (Wildman–Crippen LogP) is 7.17. The summed E-state index contributed by atoms with van der Waals surface area (Å²) in [6, 6.07) is 4.37. The molecule has 5 aliphatic rings. The fourth-order valence-corrected chi connectivity index (χ4v) is 12.1. The Kier molecular flexibility index (Phi) is 7.49. The highest BCUT2D eigenvalue weighted by Gasteiger charge is 2.74. The molecule has 0 spiro atoms. The second-order valence-electron chi connectivity index (χ2n) is 16.1. The van der Waals surface area contributed by atoms with Crippen molar-refractivity contribution in [2.24, 2.45) is 51.2 Å². The first kappa shape index (κ1) is 31.4. The van der Waals surface area contributed by atoms with E-state index in [2.05, 4.69) is 47.8 Å². The molecule has 240 valence electrons. The number of phenols is 2. The van der Waals surface area contributed by atoms with Crippen molar-refractivity contribution in [3.63, 3.8) is 0 Å². The maximum atomic E-state index is 13.6. The maximum Gasteiger partial charge on any atom is 0.331 e. The highest BCUT2D eigenvalue weighted by molar-refractivity contribution is 5.87. The van der Waals surface area contributed by atoms with Gasteiger partial charge in [-0.1, -0.05) is 52.5 Å². The van der Waals surface area contributed by atoms with Gasteiger partial charge in [-0.05, 0) is 128 Å². The Bertz CT molecular complexity index is 1400. The van der Waals surface area contributed by atoms with Gasteiger partial charge in [0, 0.05) is 17.4 Å². The summed E-state index contributed by atoms with van der Waals surface area (Å²) in [6.45, 7) is 20.4. The van der Waals surface area contributed by atoms with Crippen molar-refractivity contribution < 1.29 is 30.0 Å². The number of benzene rings is 1. The van der Waals surface area contributed by atoms with E-state index in [9.17, 15) is 25.2 Å². The summed E-state index contributed by atoms with van der Waals surface area (Å²) in [6.07, 6.45) is 8.49. The molecule has 1 aromatic rings. The summed E-state index contributed by atoms with van der Waals surface area (Å²) in [5.41, 5.74) is 1.80. The molecule has 5 fully saturated rings. The minimum absolute atomic E-state index is 0.159. The van der Waals surface area contributed by atoms with Gasteiger partial charge in [-0.3, -0.25) is 0 Å². The van der Waals surface area contributed by atoms with Crippen LogP contribution in [0.4, 0.5) is 0 Å². The number of hydrogen-bond acceptors (Lipinski definition) is 6. The number of aromatic hydroxyl groups is 2. The van der Waals surface area contributed by atoms with Gasteiger partial charge < -0.3 is 25.2 Å². The molecule has 6 rings (SSSR count). The average Bonchev–Trinajstić information content (AvgIpc) is 3.32. The molecule has 5 saturated carbocycles. The number of hydrogen-bond donors (Lipinski definition) is 4. The number of phenolic OH excluding ortho intramolecular Hbond substituents is 2. The normalized spacial score (nSPS) is 46.5. The van der Waals surface area contributed by atoms with Crippen molar-refractivity contribution in [2.75, 3.05) is 0 Å². The van der Waals surface area contributed by atoms with Crippen LogP contribution < -0.4 is 0 Å². The van der Waals surface area contributed by atoms with Crippen LogP contribution in [-0.4, -0.2) is 44.7 Å². The Morgan fingerprint density at radius 3 is 2.32 bits per heavy atom. The lowest BCUT2D eigenvalue weighted by molar-refractivity contribution is -0.290. The van der Waals surface area contributed by atoms with Gasteiger partial charge >= 0.3 is 5.97 Å². The molecule has 0 aromatic heterocycles. The zero-order valence-electron chi connectivity index (χ0n) is 27.2. The van der Waals surface area contributed by atoms with E-state index < -0.39 is 29.7 Å². The van der Waals surface area contributed by atoms with Gasteiger partial charge in [0.15, 0.2) is 11.5 Å². The number of ether oxygens (including phenoxy) is 1. The fraction of sp³-hybridized carbons (Fsp3) is 0.658. The molecule has 6 nitrogen and oxygen atoms in total. The Morgan fingerprint density at radius 1 is 0.932 bits per heavy atom. The first-order chi connectivity index (χ1) is 20.6. The van der Waals surface area contributed by atoms with Gasteiger partial charge in [0.25, 0.3) is 0 Å². The molecule has 1 aromatic carbocycles. The standard InChI is InChI=1S/C38H52O6/c1-21(2)24-10-11-25-26-12-14-30-36(5)17-16-27(39)22(3)32(36)33(43)34(38(30,7)37(26,6)19-18-35(24,25)4)44-31(42)15-9-23-8-13-28(40)29(41)20-23/h8-9,13,15,20,24-27,30,32-34,39-41,43H,1,3,10-12,14,16-19H2,2,4-7H3. The molecule has 0 bridgehead atoms. The molecule has 4 N–H and O–H groups in total. The van der Waals surface area contributed by atoms with Gasteiger partial charge in [-0.25, -0.2) is 4.79 Å². The van der Waals surface area contributed by atoms with E-state index in [-0.39, 0.29) is 39.6 Å².